The summed E-state index contributed by atoms with van der Waals surface area (Å²) in [6, 6.07) is 6.74. The van der Waals surface area contributed by atoms with Gasteiger partial charge in [-0.2, -0.15) is 10.5 Å². The quantitative estimate of drug-likeness (QED) is 0.716. The lowest BCUT2D eigenvalue weighted by molar-refractivity contribution is 0.719. The minimum atomic E-state index is -0.404. The summed E-state index contributed by atoms with van der Waals surface area (Å²) >= 11 is 0. The van der Waals surface area contributed by atoms with Crippen molar-refractivity contribution in [2.75, 3.05) is 0 Å². The Morgan fingerprint density at radius 2 is 2.31 bits per heavy atom. The number of hydrogen-bond donors (Lipinski definition) is 1. The molecule has 0 saturated carbocycles. The SMILES string of the molecule is N#CC[C@@H](N)c1cc(C#N)ccn1. The fourth-order valence-electron chi connectivity index (χ4n) is 0.924. The van der Waals surface area contributed by atoms with Gasteiger partial charge in [0.25, 0.3) is 0 Å². The van der Waals surface area contributed by atoms with Gasteiger partial charge in [-0.1, -0.05) is 0 Å². The van der Waals surface area contributed by atoms with E-state index >= 15 is 0 Å². The maximum absolute atomic E-state index is 8.59. The molecule has 0 aromatic carbocycles. The standard InChI is InChI=1S/C9H8N4/c10-3-1-8(12)9-5-7(6-11)2-4-13-9/h2,4-5,8H,1,12H2/t8-/m1/s1. The molecule has 64 valence electrons. The summed E-state index contributed by atoms with van der Waals surface area (Å²) in [5.41, 5.74) is 6.73. The van der Waals surface area contributed by atoms with Crippen molar-refractivity contribution < 1.29 is 0 Å². The molecule has 0 saturated heterocycles. The summed E-state index contributed by atoms with van der Waals surface area (Å²) < 4.78 is 0. The minimum absolute atomic E-state index is 0.210. The number of nitriles is 2. The summed E-state index contributed by atoms with van der Waals surface area (Å²) in [5.74, 6) is 0. The third-order valence-electron chi connectivity index (χ3n) is 1.60. The van der Waals surface area contributed by atoms with Crippen molar-refractivity contribution in [2.24, 2.45) is 5.73 Å². The second-order valence-corrected chi connectivity index (χ2v) is 2.55. The van der Waals surface area contributed by atoms with E-state index in [1.807, 2.05) is 12.1 Å². The van der Waals surface area contributed by atoms with E-state index in [0.29, 0.717) is 11.3 Å². The zero-order valence-electron chi connectivity index (χ0n) is 6.94. The van der Waals surface area contributed by atoms with Crippen molar-refractivity contribution in [3.63, 3.8) is 0 Å². The molecule has 0 unspecified atom stereocenters. The molecule has 1 atom stereocenters. The number of nitrogens with two attached hydrogens (primary N) is 1. The fourth-order valence-corrected chi connectivity index (χ4v) is 0.924. The van der Waals surface area contributed by atoms with E-state index in [9.17, 15) is 0 Å². The van der Waals surface area contributed by atoms with Crippen molar-refractivity contribution in [1.29, 1.82) is 10.5 Å². The lowest BCUT2D eigenvalue weighted by Crippen LogP contribution is -2.11. The summed E-state index contributed by atoms with van der Waals surface area (Å²) in [6.45, 7) is 0. The Kier molecular flexibility index (Phi) is 2.97. The predicted octanol–water partition coefficient (Wildman–Crippen LogP) is 0.867. The molecule has 4 nitrogen and oxygen atoms in total. The molecule has 13 heavy (non-hydrogen) atoms. The molecule has 4 heteroatoms. The van der Waals surface area contributed by atoms with Crippen LogP contribution in [0, 0.1) is 22.7 Å². The highest BCUT2D eigenvalue weighted by Gasteiger charge is 2.06. The van der Waals surface area contributed by atoms with Crippen molar-refractivity contribution >= 4 is 0 Å². The van der Waals surface area contributed by atoms with Crippen LogP contribution in [0.4, 0.5) is 0 Å². The van der Waals surface area contributed by atoms with Crippen molar-refractivity contribution in [2.45, 2.75) is 12.5 Å². The lowest BCUT2D eigenvalue weighted by atomic mass is 10.1. The van der Waals surface area contributed by atoms with E-state index in [0.717, 1.165) is 0 Å². The lowest BCUT2D eigenvalue weighted by Gasteiger charge is -2.05. The van der Waals surface area contributed by atoms with Crippen LogP contribution in [0.5, 0.6) is 0 Å². The Morgan fingerprint density at radius 1 is 1.54 bits per heavy atom. The van der Waals surface area contributed by atoms with Gasteiger partial charge in [0.2, 0.25) is 0 Å². The van der Waals surface area contributed by atoms with Crippen LogP contribution in [-0.2, 0) is 0 Å². The smallest absolute Gasteiger partial charge is 0.0992 e. The largest absolute Gasteiger partial charge is 0.322 e. The Labute approximate surface area is 76.2 Å². The predicted molar refractivity (Wildman–Crippen MR) is 46.1 cm³/mol. The highest BCUT2D eigenvalue weighted by atomic mass is 14.8. The third kappa shape index (κ3) is 2.26. The number of aromatic nitrogens is 1. The van der Waals surface area contributed by atoms with Crippen LogP contribution in [-0.4, -0.2) is 4.98 Å². The van der Waals surface area contributed by atoms with Gasteiger partial charge < -0.3 is 5.73 Å². The van der Waals surface area contributed by atoms with Crippen LogP contribution in [0.25, 0.3) is 0 Å². The molecule has 0 aliphatic rings. The maximum Gasteiger partial charge on any atom is 0.0992 e. The molecule has 1 aromatic heterocycles. The molecular weight excluding hydrogens is 164 g/mol. The first-order chi connectivity index (χ1) is 6.27. The second kappa shape index (κ2) is 4.20. The molecule has 0 spiro atoms. The van der Waals surface area contributed by atoms with E-state index in [-0.39, 0.29) is 6.42 Å². The highest BCUT2D eigenvalue weighted by Crippen LogP contribution is 2.11. The number of pyridine rings is 1. The van der Waals surface area contributed by atoms with Gasteiger partial charge in [-0.15, -0.1) is 0 Å². The number of nitrogens with zero attached hydrogens (tertiary/aromatic N) is 3. The van der Waals surface area contributed by atoms with Crippen molar-refractivity contribution in [3.05, 3.63) is 29.6 Å². The van der Waals surface area contributed by atoms with E-state index in [1.165, 1.54) is 6.20 Å². The Bertz CT molecular complexity index is 372. The van der Waals surface area contributed by atoms with Gasteiger partial charge >= 0.3 is 0 Å². The first-order valence-corrected chi connectivity index (χ1v) is 3.76. The highest BCUT2D eigenvalue weighted by molar-refractivity contribution is 5.29. The van der Waals surface area contributed by atoms with Gasteiger partial charge in [0, 0.05) is 6.20 Å². The van der Waals surface area contributed by atoms with Crippen LogP contribution in [0.1, 0.15) is 23.7 Å². The first kappa shape index (κ1) is 9.18. The molecule has 0 fully saturated rings. The van der Waals surface area contributed by atoms with Gasteiger partial charge in [-0.25, -0.2) is 0 Å². The molecule has 1 rings (SSSR count). The molecule has 1 aromatic rings. The average Bonchev–Trinajstić information content (AvgIpc) is 2.18. The van der Waals surface area contributed by atoms with Gasteiger partial charge in [0.15, 0.2) is 0 Å². The second-order valence-electron chi connectivity index (χ2n) is 2.55. The summed E-state index contributed by atoms with van der Waals surface area (Å²) in [7, 11) is 0. The maximum atomic E-state index is 8.59. The molecule has 2 N–H and O–H groups in total. The van der Waals surface area contributed by atoms with Crippen LogP contribution in [0.2, 0.25) is 0 Å². The average molecular weight is 172 g/mol. The van der Waals surface area contributed by atoms with Crippen LogP contribution < -0.4 is 5.73 Å². The third-order valence-corrected chi connectivity index (χ3v) is 1.60. The molecule has 1 heterocycles. The van der Waals surface area contributed by atoms with Gasteiger partial charge in [-0.05, 0) is 12.1 Å². The molecular formula is C9H8N4. The number of hydrogen-bond acceptors (Lipinski definition) is 4. The Morgan fingerprint density at radius 3 is 2.92 bits per heavy atom. The summed E-state index contributed by atoms with van der Waals surface area (Å²) in [6.07, 6.45) is 1.73. The molecule has 0 aliphatic heterocycles. The first-order valence-electron chi connectivity index (χ1n) is 3.76. The zero-order chi connectivity index (χ0) is 9.68. The van der Waals surface area contributed by atoms with Crippen LogP contribution in [0.3, 0.4) is 0 Å². The van der Waals surface area contributed by atoms with E-state index in [1.54, 1.807) is 12.1 Å². The van der Waals surface area contributed by atoms with E-state index in [4.69, 9.17) is 16.3 Å². The minimum Gasteiger partial charge on any atom is -0.322 e. The molecule has 0 amide bonds. The van der Waals surface area contributed by atoms with E-state index < -0.39 is 6.04 Å². The van der Waals surface area contributed by atoms with Crippen LogP contribution >= 0.6 is 0 Å². The zero-order valence-corrected chi connectivity index (χ0v) is 6.94. The van der Waals surface area contributed by atoms with E-state index in [2.05, 4.69) is 4.98 Å². The Hall–Kier alpha value is -1.91. The van der Waals surface area contributed by atoms with Gasteiger partial charge in [0.05, 0.1) is 35.9 Å². The number of rotatable bonds is 2. The topological polar surface area (TPSA) is 86.5 Å². The monoisotopic (exact) mass is 172 g/mol. The van der Waals surface area contributed by atoms with Crippen molar-refractivity contribution in [3.8, 4) is 12.1 Å². The Balaban J connectivity index is 2.91. The molecule has 0 radical (unpaired) electrons. The van der Waals surface area contributed by atoms with Gasteiger partial charge in [-0.3, -0.25) is 4.98 Å². The van der Waals surface area contributed by atoms with Crippen molar-refractivity contribution in [1.82, 2.24) is 4.98 Å². The normalized spacial score (nSPS) is 11.3. The summed E-state index contributed by atoms with van der Waals surface area (Å²) in [4.78, 5) is 3.98. The van der Waals surface area contributed by atoms with Crippen LogP contribution in [0.15, 0.2) is 18.3 Å². The molecule has 0 aliphatic carbocycles. The fraction of sp³-hybridized carbons (Fsp3) is 0.222. The summed E-state index contributed by atoms with van der Waals surface area (Å²) in [5, 5.41) is 17.0. The molecule has 0 bridgehead atoms. The van der Waals surface area contributed by atoms with Gasteiger partial charge in [0.1, 0.15) is 0 Å².